The topological polar surface area (TPSA) is 43.6 Å². The normalized spacial score (nSPS) is 11.5. The molecule has 9 aromatic carbocycles. The number of nitrogens with zero attached hydrogens (tertiary/aromatic N) is 4. The van der Waals surface area contributed by atoms with E-state index in [0.717, 1.165) is 50.1 Å². The lowest BCUT2D eigenvalue weighted by molar-refractivity contribution is 1.07. The third-order valence-electron chi connectivity index (χ3n) is 11.8. The highest BCUT2D eigenvalue weighted by atomic mass is 32.1. The van der Waals surface area contributed by atoms with E-state index in [4.69, 9.17) is 15.0 Å². The summed E-state index contributed by atoms with van der Waals surface area (Å²) in [5.74, 6) is 1.86. The molecule has 3 heterocycles. The van der Waals surface area contributed by atoms with Crippen molar-refractivity contribution in [2.45, 2.75) is 0 Å². The summed E-state index contributed by atoms with van der Waals surface area (Å²) in [5.41, 5.74) is 12.9. The monoisotopic (exact) mass is 808 g/mol. The van der Waals surface area contributed by atoms with Crippen LogP contribution in [0.1, 0.15) is 0 Å². The first-order valence-corrected chi connectivity index (χ1v) is 21.7. The van der Waals surface area contributed by atoms with E-state index in [9.17, 15) is 0 Å². The van der Waals surface area contributed by atoms with Gasteiger partial charge in [0.25, 0.3) is 0 Å². The second kappa shape index (κ2) is 14.9. The fraction of sp³-hybridized carbons (Fsp3) is 0. The van der Waals surface area contributed by atoms with Gasteiger partial charge in [-0.25, -0.2) is 15.0 Å². The largest absolute Gasteiger partial charge is 0.309 e. The summed E-state index contributed by atoms with van der Waals surface area (Å²) in [5, 5.41) is 5.02. The molecule has 0 saturated heterocycles. The third kappa shape index (κ3) is 6.35. The molecule has 0 aliphatic heterocycles. The number of hydrogen-bond acceptors (Lipinski definition) is 4. The van der Waals surface area contributed by atoms with Gasteiger partial charge in [0.15, 0.2) is 17.5 Å². The lowest BCUT2D eigenvalue weighted by atomic mass is 9.98. The van der Waals surface area contributed by atoms with Gasteiger partial charge in [-0.3, -0.25) is 0 Å². The second-order valence-corrected chi connectivity index (χ2v) is 16.7. The Morgan fingerprint density at radius 2 is 0.726 bits per heavy atom. The number of aromatic nitrogens is 4. The van der Waals surface area contributed by atoms with Crippen LogP contribution in [0.15, 0.2) is 218 Å². The lowest BCUT2D eigenvalue weighted by Crippen LogP contribution is -2.02. The first-order chi connectivity index (χ1) is 30.7. The predicted molar refractivity (Wildman–Crippen MR) is 260 cm³/mol. The zero-order valence-electron chi connectivity index (χ0n) is 33.5. The van der Waals surface area contributed by atoms with Crippen LogP contribution in [0.2, 0.25) is 0 Å². The van der Waals surface area contributed by atoms with Crippen LogP contribution in [0.5, 0.6) is 0 Å². The van der Waals surface area contributed by atoms with Crippen molar-refractivity contribution in [1.82, 2.24) is 19.5 Å². The van der Waals surface area contributed by atoms with Gasteiger partial charge in [0.2, 0.25) is 0 Å². The molecular formula is C57H36N4S. The zero-order chi connectivity index (χ0) is 41.0. The maximum absolute atomic E-state index is 5.27. The maximum atomic E-state index is 5.27. The minimum Gasteiger partial charge on any atom is -0.309 e. The van der Waals surface area contributed by atoms with Crippen molar-refractivity contribution in [3.8, 4) is 73.2 Å². The molecule has 0 spiro atoms. The van der Waals surface area contributed by atoms with Crippen LogP contribution in [0, 0.1) is 0 Å². The number of rotatable bonds is 7. The fourth-order valence-electron chi connectivity index (χ4n) is 8.78. The number of fused-ring (bicyclic) bond motifs is 6. The molecule has 3 aromatic heterocycles. The summed E-state index contributed by atoms with van der Waals surface area (Å²) in [6.07, 6.45) is 0. The lowest BCUT2D eigenvalue weighted by Gasteiger charge is -2.15. The van der Waals surface area contributed by atoms with Crippen LogP contribution in [0.3, 0.4) is 0 Å². The first kappa shape index (κ1) is 35.9. The Bertz CT molecular complexity index is 3590. The molecule has 5 heteroatoms. The average molecular weight is 809 g/mol. The molecule has 12 aromatic rings. The fourth-order valence-corrected chi connectivity index (χ4v) is 9.90. The van der Waals surface area contributed by atoms with Crippen molar-refractivity contribution in [1.29, 1.82) is 0 Å². The molecule has 0 bridgehead atoms. The molecule has 0 aliphatic rings. The average Bonchev–Trinajstić information content (AvgIpc) is 3.88. The van der Waals surface area contributed by atoms with Gasteiger partial charge in [-0.05, 0) is 75.8 Å². The number of benzene rings is 9. The Labute approximate surface area is 362 Å². The van der Waals surface area contributed by atoms with Crippen LogP contribution in [-0.2, 0) is 0 Å². The van der Waals surface area contributed by atoms with Gasteiger partial charge in [-0.15, -0.1) is 11.3 Å². The van der Waals surface area contributed by atoms with Gasteiger partial charge in [-0.1, -0.05) is 176 Å². The van der Waals surface area contributed by atoms with Crippen LogP contribution in [-0.4, -0.2) is 19.5 Å². The summed E-state index contributed by atoms with van der Waals surface area (Å²) >= 11 is 1.85. The summed E-state index contributed by atoms with van der Waals surface area (Å²) in [7, 11) is 0. The molecule has 0 unspecified atom stereocenters. The second-order valence-electron chi connectivity index (χ2n) is 15.6. The smallest absolute Gasteiger partial charge is 0.164 e. The highest BCUT2D eigenvalue weighted by Gasteiger charge is 2.19. The predicted octanol–water partition coefficient (Wildman–Crippen LogP) is 15.3. The summed E-state index contributed by atoms with van der Waals surface area (Å²) in [6.45, 7) is 0. The molecule has 290 valence electrons. The van der Waals surface area contributed by atoms with E-state index in [1.807, 2.05) is 35.6 Å². The summed E-state index contributed by atoms with van der Waals surface area (Å²) < 4.78 is 4.98. The Morgan fingerprint density at radius 1 is 0.274 bits per heavy atom. The third-order valence-corrected chi connectivity index (χ3v) is 13.0. The van der Waals surface area contributed by atoms with Gasteiger partial charge < -0.3 is 4.57 Å². The van der Waals surface area contributed by atoms with Gasteiger partial charge in [0.1, 0.15) is 0 Å². The molecule has 0 amide bonds. The van der Waals surface area contributed by atoms with Crippen LogP contribution in [0.4, 0.5) is 0 Å². The standard InChI is InChI=1S/C57H36N4S/c1-4-14-37(15-5-1)39-24-26-41(27-25-39)44-32-45(57-59-55(42-18-8-3-9-19-42)58-56(60-57)43-30-28-40(29-31-43)38-16-6-2-7-17-38)34-46(33-44)61-51-22-12-10-20-47(51)49-35-50-48-21-11-13-23-53(48)62-54(50)36-52(49)61/h1-36H. The molecule has 0 aliphatic carbocycles. The Kier molecular flexibility index (Phi) is 8.65. The number of hydrogen-bond donors (Lipinski definition) is 0. The van der Waals surface area contributed by atoms with Crippen molar-refractivity contribution < 1.29 is 0 Å². The van der Waals surface area contributed by atoms with Crippen molar-refractivity contribution in [3.05, 3.63) is 218 Å². The highest BCUT2D eigenvalue weighted by molar-refractivity contribution is 7.25. The van der Waals surface area contributed by atoms with Crippen LogP contribution < -0.4 is 0 Å². The van der Waals surface area contributed by atoms with Gasteiger partial charge >= 0.3 is 0 Å². The van der Waals surface area contributed by atoms with Crippen LogP contribution >= 0.6 is 11.3 Å². The van der Waals surface area contributed by atoms with E-state index in [0.29, 0.717) is 17.5 Å². The number of thiophene rings is 1. The molecule has 0 N–H and O–H groups in total. The minimum atomic E-state index is 0.609. The first-order valence-electron chi connectivity index (χ1n) is 20.8. The molecule has 4 nitrogen and oxygen atoms in total. The van der Waals surface area contributed by atoms with Crippen molar-refractivity contribution >= 4 is 53.3 Å². The van der Waals surface area contributed by atoms with Crippen molar-refractivity contribution in [2.75, 3.05) is 0 Å². The molecule has 0 atom stereocenters. The van der Waals surface area contributed by atoms with E-state index in [1.54, 1.807) is 0 Å². The molecule has 62 heavy (non-hydrogen) atoms. The Hall–Kier alpha value is -7.99. The molecule has 0 radical (unpaired) electrons. The van der Waals surface area contributed by atoms with Crippen molar-refractivity contribution in [3.63, 3.8) is 0 Å². The molecule has 0 saturated carbocycles. The quantitative estimate of drug-likeness (QED) is 0.161. The van der Waals surface area contributed by atoms with Crippen LogP contribution in [0.25, 0.3) is 115 Å². The minimum absolute atomic E-state index is 0.609. The Morgan fingerprint density at radius 3 is 1.35 bits per heavy atom. The van der Waals surface area contributed by atoms with Gasteiger partial charge in [0, 0.05) is 53.3 Å². The Balaban J connectivity index is 1.09. The van der Waals surface area contributed by atoms with Crippen molar-refractivity contribution in [2.24, 2.45) is 0 Å². The highest BCUT2D eigenvalue weighted by Crippen LogP contribution is 2.42. The van der Waals surface area contributed by atoms with Gasteiger partial charge in [0.05, 0.1) is 11.0 Å². The summed E-state index contributed by atoms with van der Waals surface area (Å²) in [4.78, 5) is 15.6. The van der Waals surface area contributed by atoms with Gasteiger partial charge in [-0.2, -0.15) is 0 Å². The van der Waals surface area contributed by atoms with E-state index in [2.05, 4.69) is 199 Å². The van der Waals surface area contributed by atoms with E-state index >= 15 is 0 Å². The molecule has 12 rings (SSSR count). The maximum Gasteiger partial charge on any atom is 0.164 e. The van der Waals surface area contributed by atoms with E-state index in [1.165, 1.54) is 47.6 Å². The summed E-state index contributed by atoms with van der Waals surface area (Å²) in [6, 6.07) is 77.6. The SMILES string of the molecule is c1ccc(-c2ccc(-c3cc(-c4nc(-c5ccccc5)nc(-c5ccc(-c6ccccc6)cc5)n4)cc(-n4c5ccccc5c5cc6c(cc54)sc4ccccc46)c3)cc2)cc1. The van der Waals surface area contributed by atoms with E-state index in [-0.39, 0.29) is 0 Å². The molecular weight excluding hydrogens is 773 g/mol. The number of para-hydroxylation sites is 1. The molecule has 0 fully saturated rings. The van der Waals surface area contributed by atoms with E-state index < -0.39 is 0 Å². The zero-order valence-corrected chi connectivity index (χ0v) is 34.3.